The number of piperidine rings is 4. The van der Waals surface area contributed by atoms with E-state index in [1.165, 1.54) is 103 Å². The van der Waals surface area contributed by atoms with Gasteiger partial charge in [-0.15, -0.1) is 10.7 Å². The minimum absolute atomic E-state index is 0. The molecule has 0 aromatic heterocycles. The van der Waals surface area contributed by atoms with Gasteiger partial charge in [-0.25, -0.2) is 0 Å². The fourth-order valence-corrected chi connectivity index (χ4v) is 4.89. The molecule has 1 radical (unpaired) electrons. The maximum atomic E-state index is 8.00. The fourth-order valence-electron chi connectivity index (χ4n) is 4.89. The minimum atomic E-state index is 0. The largest absolute Gasteiger partial charge is 0.444 e. The number of nitrogens with one attached hydrogen (secondary N) is 4. The van der Waals surface area contributed by atoms with E-state index in [9.17, 15) is 0 Å². The average Bonchev–Trinajstić information content (AvgIpc) is 2.83. The van der Waals surface area contributed by atoms with Gasteiger partial charge in [-0.2, -0.15) is 0 Å². The number of hydrogen-bond donors (Lipinski definition) is 4. The Kier molecular flexibility index (Phi) is 20.4. The molecule has 4 unspecified atom stereocenters. The molecule has 0 aromatic carbocycles. The van der Waals surface area contributed by atoms with E-state index in [0.29, 0.717) is 0 Å². The zero-order valence-electron chi connectivity index (χ0n) is 18.5. The van der Waals surface area contributed by atoms with Gasteiger partial charge in [-0.05, 0) is 77.5 Å². The molecule has 4 atom stereocenters. The van der Waals surface area contributed by atoms with Gasteiger partial charge in [0.1, 0.15) is 0 Å². The average molecular weight is 488 g/mol. The van der Waals surface area contributed by atoms with Crippen molar-refractivity contribution in [3.8, 4) is 0 Å². The van der Waals surface area contributed by atoms with Crippen LogP contribution >= 0.6 is 0 Å². The SMILES string of the molecule is C1CCC(C2CCCCN2)NC1.C1CCC(C2CCCCN2)NC1.O=N[O-].O=N[O-].[Co]. The first-order valence-corrected chi connectivity index (χ1v) is 11.6. The second-order valence-corrected chi connectivity index (χ2v) is 8.37. The second kappa shape index (κ2) is 21.0. The first-order chi connectivity index (χ1) is 14.8. The minimum Gasteiger partial charge on any atom is -0.444 e. The third-order valence-corrected chi connectivity index (χ3v) is 6.37. The predicted octanol–water partition coefficient (Wildman–Crippen LogP) is 3.04. The Labute approximate surface area is 196 Å². The summed E-state index contributed by atoms with van der Waals surface area (Å²) in [5, 5.41) is 32.5. The van der Waals surface area contributed by atoms with Crippen LogP contribution in [0.3, 0.4) is 0 Å². The van der Waals surface area contributed by atoms with Gasteiger partial charge in [0.15, 0.2) is 0 Å². The third kappa shape index (κ3) is 14.0. The van der Waals surface area contributed by atoms with Crippen molar-refractivity contribution in [3.63, 3.8) is 0 Å². The van der Waals surface area contributed by atoms with Crippen LogP contribution in [0.25, 0.3) is 0 Å². The Bertz CT molecular complexity index is 344. The van der Waals surface area contributed by atoms with E-state index in [4.69, 9.17) is 20.2 Å². The summed E-state index contributed by atoms with van der Waals surface area (Å²) < 4.78 is 0. The summed E-state index contributed by atoms with van der Waals surface area (Å²) in [6.45, 7) is 4.96. The quantitative estimate of drug-likeness (QED) is 0.342. The van der Waals surface area contributed by atoms with Crippen LogP contribution < -0.4 is 21.3 Å². The van der Waals surface area contributed by atoms with Crippen LogP contribution in [0.2, 0.25) is 0 Å². The maximum absolute atomic E-state index is 8.00. The van der Waals surface area contributed by atoms with E-state index in [0.717, 1.165) is 34.8 Å². The Morgan fingerprint density at radius 2 is 0.677 bits per heavy atom. The molecule has 4 saturated heterocycles. The molecule has 185 valence electrons. The topological polar surface area (TPSA) is 153 Å². The Morgan fingerprint density at radius 1 is 0.484 bits per heavy atom. The van der Waals surface area contributed by atoms with Crippen molar-refractivity contribution >= 4 is 0 Å². The third-order valence-electron chi connectivity index (χ3n) is 6.37. The summed E-state index contributed by atoms with van der Waals surface area (Å²) in [4.78, 5) is 16.0. The van der Waals surface area contributed by atoms with Crippen molar-refractivity contribution in [1.29, 1.82) is 0 Å². The molecule has 4 heterocycles. The van der Waals surface area contributed by atoms with E-state index in [2.05, 4.69) is 21.3 Å². The zero-order valence-corrected chi connectivity index (χ0v) is 19.5. The van der Waals surface area contributed by atoms with Crippen molar-refractivity contribution in [1.82, 2.24) is 21.3 Å². The van der Waals surface area contributed by atoms with E-state index in [1.807, 2.05) is 0 Å². The summed E-state index contributed by atoms with van der Waals surface area (Å²) >= 11 is 0. The summed E-state index contributed by atoms with van der Waals surface area (Å²) in [5.74, 6) is 0. The molecule has 11 heteroatoms. The molecule has 4 rings (SSSR count). The zero-order chi connectivity index (χ0) is 21.9. The van der Waals surface area contributed by atoms with Crippen LogP contribution in [0.15, 0.2) is 10.7 Å². The molecule has 31 heavy (non-hydrogen) atoms. The van der Waals surface area contributed by atoms with Crippen molar-refractivity contribution < 1.29 is 16.8 Å². The van der Waals surface area contributed by atoms with E-state index in [-0.39, 0.29) is 16.8 Å². The Hall–Kier alpha value is -0.854. The molecule has 0 bridgehead atoms. The smallest absolute Gasteiger partial charge is 0.0221 e. The summed E-state index contributed by atoms with van der Waals surface area (Å²) in [5.41, 5.74) is 0. The Balaban J connectivity index is 0.000000453. The van der Waals surface area contributed by atoms with Crippen molar-refractivity contribution in [2.75, 3.05) is 26.2 Å². The second-order valence-electron chi connectivity index (χ2n) is 8.37. The van der Waals surface area contributed by atoms with Crippen LogP contribution in [-0.4, -0.2) is 50.3 Å². The fraction of sp³-hybridized carbons (Fsp3) is 1.00. The van der Waals surface area contributed by atoms with Gasteiger partial charge in [0.2, 0.25) is 0 Å². The first kappa shape index (κ1) is 30.1. The summed E-state index contributed by atoms with van der Waals surface area (Å²) in [7, 11) is 0. The summed E-state index contributed by atoms with van der Waals surface area (Å²) in [6, 6.07) is 3.11. The Morgan fingerprint density at radius 3 is 0.806 bits per heavy atom. The van der Waals surface area contributed by atoms with Crippen LogP contribution in [0.1, 0.15) is 77.0 Å². The molecule has 4 N–H and O–H groups in total. The molecule has 0 saturated carbocycles. The van der Waals surface area contributed by atoms with Crippen molar-refractivity contribution in [2.24, 2.45) is 10.7 Å². The molecular formula is C20H40CoN6O4-2. The predicted molar refractivity (Wildman–Crippen MR) is 121 cm³/mol. The summed E-state index contributed by atoms with van der Waals surface area (Å²) in [6.07, 6.45) is 16.8. The van der Waals surface area contributed by atoms with Gasteiger partial charge < -0.3 is 41.5 Å². The van der Waals surface area contributed by atoms with Gasteiger partial charge in [-0.3, -0.25) is 0 Å². The van der Waals surface area contributed by atoms with E-state index < -0.39 is 0 Å². The van der Waals surface area contributed by atoms with Crippen LogP contribution in [0.5, 0.6) is 0 Å². The van der Waals surface area contributed by atoms with Crippen LogP contribution in [0, 0.1) is 20.2 Å². The molecule has 0 spiro atoms. The standard InChI is InChI=1S/2C10H20N2.Co.2HNO2/c2*1-3-7-11-9(5-1)10-6-2-4-8-12-10;;2*2-1-3/h2*9-12H,1-8H2;;2*(H,2,3)/p-2. The van der Waals surface area contributed by atoms with Gasteiger partial charge in [-0.1, -0.05) is 25.7 Å². The molecule has 0 aliphatic carbocycles. The van der Waals surface area contributed by atoms with Crippen molar-refractivity contribution in [3.05, 3.63) is 20.2 Å². The molecule has 0 aromatic rings. The van der Waals surface area contributed by atoms with Gasteiger partial charge in [0.05, 0.1) is 0 Å². The van der Waals surface area contributed by atoms with Gasteiger partial charge >= 0.3 is 0 Å². The monoisotopic (exact) mass is 487 g/mol. The molecule has 4 fully saturated rings. The van der Waals surface area contributed by atoms with Crippen molar-refractivity contribution in [2.45, 2.75) is 101 Å². The molecular weight excluding hydrogens is 447 g/mol. The maximum Gasteiger partial charge on any atom is 0.0221 e. The van der Waals surface area contributed by atoms with E-state index >= 15 is 0 Å². The van der Waals surface area contributed by atoms with Crippen LogP contribution in [-0.2, 0) is 16.8 Å². The normalized spacial score (nSPS) is 30.2. The van der Waals surface area contributed by atoms with Gasteiger partial charge in [0, 0.05) is 40.9 Å². The van der Waals surface area contributed by atoms with Crippen LogP contribution in [0.4, 0.5) is 0 Å². The number of hydrogen-bond acceptors (Lipinski definition) is 10. The van der Waals surface area contributed by atoms with E-state index in [1.54, 1.807) is 0 Å². The molecule has 10 nitrogen and oxygen atoms in total. The number of rotatable bonds is 2. The molecule has 4 aliphatic heterocycles. The molecule has 0 amide bonds. The van der Waals surface area contributed by atoms with Gasteiger partial charge in [0.25, 0.3) is 0 Å². The molecule has 4 aliphatic rings. The first-order valence-electron chi connectivity index (χ1n) is 11.6. The number of nitrogens with zero attached hydrogens (tertiary/aromatic N) is 2.